The second-order valence-electron chi connectivity index (χ2n) is 5.47. The first-order valence-electron chi connectivity index (χ1n) is 7.41. The minimum atomic E-state index is -1.23. The van der Waals surface area contributed by atoms with Crippen molar-refractivity contribution < 1.29 is 49.8 Å². The lowest BCUT2D eigenvalue weighted by Crippen LogP contribution is -2.45. The first kappa shape index (κ1) is 31.5. The molecule has 0 fully saturated rings. The summed E-state index contributed by atoms with van der Waals surface area (Å²) in [7, 11) is 0. The molecule has 0 bridgehead atoms. The summed E-state index contributed by atoms with van der Waals surface area (Å²) in [6.45, 7) is 6.52. The van der Waals surface area contributed by atoms with Gasteiger partial charge < -0.3 is 36.0 Å². The maximum Gasteiger partial charge on any atom is 0.300 e. The second-order valence-corrected chi connectivity index (χ2v) is 5.47. The maximum atomic E-state index is 11.3. The molecule has 26 heavy (non-hydrogen) atoms. The Balaban J connectivity index is -0.000000164. The summed E-state index contributed by atoms with van der Waals surface area (Å²) in [4.78, 5) is 38.3. The van der Waals surface area contributed by atoms with Crippen molar-refractivity contribution in [1.29, 1.82) is 0 Å². The Morgan fingerprint density at radius 2 is 1.19 bits per heavy atom. The fraction of sp³-hybridized carbons (Fsp3) is 0.733. The molecule has 0 aliphatic rings. The van der Waals surface area contributed by atoms with Crippen LogP contribution in [0.4, 0.5) is 0 Å². The van der Waals surface area contributed by atoms with Gasteiger partial charge in [-0.15, -0.1) is 0 Å². The van der Waals surface area contributed by atoms with Gasteiger partial charge in [-0.2, -0.15) is 0 Å². The minimum Gasteiger partial charge on any atom is -0.481 e. The van der Waals surface area contributed by atoms with Crippen molar-refractivity contribution in [2.75, 3.05) is 19.8 Å². The van der Waals surface area contributed by atoms with E-state index in [9.17, 15) is 9.90 Å². The molecule has 0 heterocycles. The van der Waals surface area contributed by atoms with Crippen LogP contribution in [0.3, 0.4) is 0 Å². The predicted molar refractivity (Wildman–Crippen MR) is 91.5 cm³/mol. The van der Waals surface area contributed by atoms with E-state index in [1.807, 2.05) is 0 Å². The second kappa shape index (κ2) is 19.1. The van der Waals surface area contributed by atoms with Crippen LogP contribution < -0.4 is 5.32 Å². The first-order valence-corrected chi connectivity index (χ1v) is 7.41. The van der Waals surface area contributed by atoms with E-state index in [4.69, 9.17) is 39.9 Å². The van der Waals surface area contributed by atoms with Gasteiger partial charge in [0.25, 0.3) is 17.9 Å². The molecule has 0 radical (unpaired) electrons. The Hall–Kier alpha value is -2.24. The first-order chi connectivity index (χ1) is 11.6. The van der Waals surface area contributed by atoms with E-state index in [0.717, 1.165) is 20.8 Å². The third-order valence-electron chi connectivity index (χ3n) is 2.03. The van der Waals surface area contributed by atoms with Crippen LogP contribution in [0.25, 0.3) is 0 Å². The van der Waals surface area contributed by atoms with Crippen molar-refractivity contribution in [3.05, 3.63) is 0 Å². The molecule has 7 N–H and O–H groups in total. The molecule has 1 atom stereocenters. The van der Waals surface area contributed by atoms with Gasteiger partial charge >= 0.3 is 0 Å². The lowest BCUT2D eigenvalue weighted by molar-refractivity contribution is -0.137. The van der Waals surface area contributed by atoms with Gasteiger partial charge in [-0.05, 0) is 6.42 Å². The fourth-order valence-electron chi connectivity index (χ4n) is 0.829. The van der Waals surface area contributed by atoms with E-state index in [0.29, 0.717) is 13.0 Å². The zero-order valence-corrected chi connectivity index (χ0v) is 15.7. The minimum absolute atomic E-state index is 0.000230. The molecule has 11 heteroatoms. The molecule has 0 rings (SSSR count). The normalized spacial score (nSPS) is 10.3. The van der Waals surface area contributed by atoms with Crippen molar-refractivity contribution in [1.82, 2.24) is 5.32 Å². The van der Waals surface area contributed by atoms with Crippen LogP contribution in [-0.2, 0) is 19.2 Å². The summed E-state index contributed by atoms with van der Waals surface area (Å²) < 4.78 is 0. The highest BCUT2D eigenvalue weighted by molar-refractivity contribution is 5.81. The van der Waals surface area contributed by atoms with E-state index in [1.165, 1.54) is 0 Å². The van der Waals surface area contributed by atoms with Crippen molar-refractivity contribution in [2.24, 2.45) is 5.41 Å². The molecule has 0 unspecified atom stereocenters. The van der Waals surface area contributed by atoms with E-state index in [1.54, 1.807) is 13.8 Å². The fourth-order valence-corrected chi connectivity index (χ4v) is 0.829. The third kappa shape index (κ3) is 37.8. The van der Waals surface area contributed by atoms with Crippen LogP contribution in [0.2, 0.25) is 0 Å². The topological polar surface area (TPSA) is 202 Å². The van der Waals surface area contributed by atoms with Crippen LogP contribution >= 0.6 is 0 Å². The number of aliphatic hydroxyl groups is 3. The number of aliphatic carboxylic acids is 3. The highest BCUT2D eigenvalue weighted by Gasteiger charge is 2.32. The average molecular weight is 385 g/mol. The Kier molecular flexibility index (Phi) is 23.1. The summed E-state index contributed by atoms with van der Waals surface area (Å²) in [6, 6.07) is 0. The Morgan fingerprint density at radius 1 is 0.885 bits per heavy atom. The van der Waals surface area contributed by atoms with Crippen molar-refractivity contribution in [3.8, 4) is 0 Å². The molecule has 1 amide bonds. The molecule has 11 nitrogen and oxygen atoms in total. The van der Waals surface area contributed by atoms with Crippen LogP contribution in [0.15, 0.2) is 0 Å². The molecule has 0 aromatic carbocycles. The number of rotatable bonds is 6. The van der Waals surface area contributed by atoms with Gasteiger partial charge in [0, 0.05) is 39.3 Å². The van der Waals surface area contributed by atoms with E-state index < -0.39 is 35.3 Å². The number of aliphatic hydroxyl groups excluding tert-OH is 3. The molecular formula is C15H31NO10. The molecule has 0 aliphatic heterocycles. The van der Waals surface area contributed by atoms with E-state index in [-0.39, 0.29) is 13.2 Å². The lowest BCUT2D eigenvalue weighted by Gasteiger charge is -2.27. The van der Waals surface area contributed by atoms with Gasteiger partial charge in [0.05, 0.1) is 6.61 Å². The largest absolute Gasteiger partial charge is 0.481 e. The monoisotopic (exact) mass is 385 g/mol. The summed E-state index contributed by atoms with van der Waals surface area (Å²) in [5.41, 5.74) is -0.844. The molecule has 0 spiro atoms. The van der Waals surface area contributed by atoms with Gasteiger partial charge in [-0.1, -0.05) is 13.8 Å². The van der Waals surface area contributed by atoms with Crippen molar-refractivity contribution in [3.63, 3.8) is 0 Å². The zero-order valence-electron chi connectivity index (χ0n) is 15.7. The van der Waals surface area contributed by atoms with E-state index >= 15 is 0 Å². The predicted octanol–water partition coefficient (Wildman–Crippen LogP) is -0.863. The number of hydrogen-bond acceptors (Lipinski definition) is 7. The number of carboxylic acids is 3. The summed E-state index contributed by atoms with van der Waals surface area (Å²) >= 11 is 0. The van der Waals surface area contributed by atoms with Crippen molar-refractivity contribution >= 4 is 23.8 Å². The van der Waals surface area contributed by atoms with Crippen LogP contribution in [0.1, 0.15) is 41.0 Å². The zero-order chi connectivity index (χ0) is 21.9. The standard InChI is InChI=1S/C9H19NO4.3C2H4O2/c1-9(2,6-12)7(13)8(14)10-4-3-5-11;3*1-2(3)4/h7,11-13H,3-6H2,1-2H3,(H,10,14);3*1H3,(H,3,4)/t7-;;;/m0.../s1. The average Bonchev–Trinajstić information content (AvgIpc) is 2.44. The molecule has 0 aromatic rings. The Morgan fingerprint density at radius 3 is 1.42 bits per heavy atom. The summed E-state index contributed by atoms with van der Waals surface area (Å²) in [5.74, 6) is -3.02. The molecular weight excluding hydrogens is 354 g/mol. The molecule has 156 valence electrons. The van der Waals surface area contributed by atoms with Gasteiger partial charge in [0.2, 0.25) is 5.91 Å². The summed E-state index contributed by atoms with van der Waals surface area (Å²) in [5, 5.41) is 51.6. The number of hydrogen-bond donors (Lipinski definition) is 7. The highest BCUT2D eigenvalue weighted by Crippen LogP contribution is 2.19. The van der Waals surface area contributed by atoms with Crippen LogP contribution in [0, 0.1) is 5.41 Å². The Labute approximate surface area is 152 Å². The Bertz CT molecular complexity index is 369. The number of carbonyl (C=O) groups is 4. The smallest absolute Gasteiger partial charge is 0.300 e. The molecule has 0 saturated carbocycles. The van der Waals surface area contributed by atoms with Crippen LogP contribution in [0.5, 0.6) is 0 Å². The van der Waals surface area contributed by atoms with E-state index in [2.05, 4.69) is 5.32 Å². The SMILES string of the molecule is CC(=O)O.CC(=O)O.CC(=O)O.CC(C)(CO)[C@@H](O)C(=O)NCCCO. The number of carbonyl (C=O) groups excluding carboxylic acids is 1. The third-order valence-corrected chi connectivity index (χ3v) is 2.03. The van der Waals surface area contributed by atoms with Crippen molar-refractivity contribution in [2.45, 2.75) is 47.1 Å². The van der Waals surface area contributed by atoms with Gasteiger partial charge in [0.15, 0.2) is 0 Å². The quantitative estimate of drug-likeness (QED) is 0.282. The maximum absolute atomic E-state index is 11.3. The summed E-state index contributed by atoms with van der Waals surface area (Å²) in [6.07, 6.45) is -0.774. The van der Waals surface area contributed by atoms with Gasteiger partial charge in [-0.3, -0.25) is 19.2 Å². The van der Waals surface area contributed by atoms with Crippen LogP contribution in [-0.4, -0.2) is 80.3 Å². The molecule has 0 aliphatic carbocycles. The molecule has 0 aromatic heterocycles. The highest BCUT2D eigenvalue weighted by atomic mass is 16.4. The number of carboxylic acid groups (broad SMARTS) is 3. The van der Waals surface area contributed by atoms with Gasteiger partial charge in [-0.25, -0.2) is 0 Å². The number of amides is 1. The number of nitrogens with one attached hydrogen (secondary N) is 1. The lowest BCUT2D eigenvalue weighted by atomic mass is 9.87. The molecule has 0 saturated heterocycles. The van der Waals surface area contributed by atoms with Gasteiger partial charge in [0.1, 0.15) is 6.10 Å².